The summed E-state index contributed by atoms with van der Waals surface area (Å²) in [5.41, 5.74) is 2.57. The molecule has 3 aromatic carbocycles. The van der Waals surface area contributed by atoms with E-state index in [0.717, 1.165) is 23.3 Å². The van der Waals surface area contributed by atoms with E-state index >= 15 is 0 Å². The van der Waals surface area contributed by atoms with Crippen molar-refractivity contribution in [2.45, 2.75) is 17.7 Å². The molecule has 0 saturated heterocycles. The fraction of sp³-hybridized carbons (Fsp3) is 0.0952. The molecule has 0 unspecified atom stereocenters. The smallest absolute Gasteiger partial charge is 0.335 e. The number of sulfonamides is 1. The minimum Gasteiger partial charge on any atom is -0.478 e. The van der Waals surface area contributed by atoms with Crippen LogP contribution in [0.3, 0.4) is 0 Å². The van der Waals surface area contributed by atoms with E-state index in [1.165, 1.54) is 12.1 Å². The van der Waals surface area contributed by atoms with Crippen LogP contribution in [0, 0.1) is 5.82 Å². The fourth-order valence-electron chi connectivity index (χ4n) is 2.72. The van der Waals surface area contributed by atoms with Gasteiger partial charge in [0.15, 0.2) is 0 Å². The van der Waals surface area contributed by atoms with Crippen LogP contribution < -0.4 is 4.72 Å². The minimum absolute atomic E-state index is 0.0173. The summed E-state index contributed by atoms with van der Waals surface area (Å²) in [7, 11) is -3.78. The van der Waals surface area contributed by atoms with Gasteiger partial charge < -0.3 is 5.11 Å². The fourth-order valence-corrected chi connectivity index (χ4v) is 3.77. The Labute approximate surface area is 162 Å². The molecule has 0 amide bonds. The van der Waals surface area contributed by atoms with Crippen molar-refractivity contribution in [1.29, 1.82) is 0 Å². The normalized spacial score (nSPS) is 11.2. The van der Waals surface area contributed by atoms with Crippen molar-refractivity contribution in [3.05, 3.63) is 95.3 Å². The maximum absolute atomic E-state index is 13.0. The topological polar surface area (TPSA) is 83.5 Å². The molecule has 0 atom stereocenters. The first-order chi connectivity index (χ1) is 13.3. The van der Waals surface area contributed by atoms with Crippen molar-refractivity contribution in [3.63, 3.8) is 0 Å². The zero-order chi connectivity index (χ0) is 20.1. The van der Waals surface area contributed by atoms with E-state index in [0.29, 0.717) is 18.5 Å². The molecule has 144 valence electrons. The Bertz CT molecular complexity index is 1080. The third-order valence-electron chi connectivity index (χ3n) is 4.21. The molecule has 28 heavy (non-hydrogen) atoms. The van der Waals surface area contributed by atoms with E-state index in [4.69, 9.17) is 5.11 Å². The Morgan fingerprint density at radius 2 is 1.54 bits per heavy atom. The second kappa shape index (κ2) is 8.22. The molecule has 0 aliphatic rings. The predicted molar refractivity (Wildman–Crippen MR) is 104 cm³/mol. The Hall–Kier alpha value is -3.19. The number of nitrogens with one attached hydrogen (secondary N) is 1. The molecule has 3 rings (SSSR count). The summed E-state index contributed by atoms with van der Waals surface area (Å²) in [5.74, 6) is -1.46. The monoisotopic (exact) mass is 399 g/mol. The number of carbonyl (C=O) groups is 1. The van der Waals surface area contributed by atoms with Crippen LogP contribution >= 0.6 is 0 Å². The van der Waals surface area contributed by atoms with Gasteiger partial charge in [0.25, 0.3) is 10.0 Å². The molecular formula is C21H18FNO4S. The van der Waals surface area contributed by atoms with Crippen molar-refractivity contribution in [3.8, 4) is 0 Å². The molecule has 0 fully saturated rings. The second-order valence-electron chi connectivity index (χ2n) is 6.26. The van der Waals surface area contributed by atoms with E-state index < -0.39 is 21.8 Å². The molecule has 0 aromatic heterocycles. The molecule has 0 aliphatic carbocycles. The first-order valence-corrected chi connectivity index (χ1v) is 10.0. The van der Waals surface area contributed by atoms with Crippen molar-refractivity contribution >= 4 is 21.7 Å². The van der Waals surface area contributed by atoms with E-state index in [1.807, 2.05) is 18.2 Å². The number of aryl methyl sites for hydroxylation is 2. The summed E-state index contributed by atoms with van der Waals surface area (Å²) in [6.45, 7) is 0. The van der Waals surface area contributed by atoms with Crippen LogP contribution in [0.1, 0.15) is 21.5 Å². The number of halogens is 1. The first kappa shape index (κ1) is 19.6. The lowest BCUT2D eigenvalue weighted by Crippen LogP contribution is -2.12. The van der Waals surface area contributed by atoms with Gasteiger partial charge in [0.1, 0.15) is 5.82 Å². The van der Waals surface area contributed by atoms with E-state index in [1.54, 1.807) is 30.3 Å². The lowest BCUT2D eigenvalue weighted by molar-refractivity contribution is 0.0696. The van der Waals surface area contributed by atoms with Gasteiger partial charge >= 0.3 is 5.97 Å². The molecule has 3 aromatic rings. The minimum atomic E-state index is -3.78. The van der Waals surface area contributed by atoms with Crippen LogP contribution in [0.4, 0.5) is 10.1 Å². The summed E-state index contributed by atoms with van der Waals surface area (Å²) >= 11 is 0. The van der Waals surface area contributed by atoms with E-state index in [9.17, 15) is 17.6 Å². The van der Waals surface area contributed by atoms with Crippen LogP contribution in [-0.4, -0.2) is 19.5 Å². The lowest BCUT2D eigenvalue weighted by atomic mass is 10.0. The van der Waals surface area contributed by atoms with Crippen molar-refractivity contribution in [1.82, 2.24) is 0 Å². The second-order valence-corrected chi connectivity index (χ2v) is 7.94. The van der Waals surface area contributed by atoms with Gasteiger partial charge in [0, 0.05) is 5.69 Å². The molecule has 0 radical (unpaired) electrons. The quantitative estimate of drug-likeness (QED) is 0.626. The lowest BCUT2D eigenvalue weighted by Gasteiger charge is -2.09. The number of rotatable bonds is 7. The van der Waals surface area contributed by atoms with Gasteiger partial charge in [0.05, 0.1) is 10.5 Å². The van der Waals surface area contributed by atoms with Crippen LogP contribution in [-0.2, 0) is 22.9 Å². The van der Waals surface area contributed by atoms with Crippen LogP contribution in [0.25, 0.3) is 0 Å². The average molecular weight is 399 g/mol. The summed E-state index contributed by atoms with van der Waals surface area (Å²) in [6, 6.07) is 18.3. The van der Waals surface area contributed by atoms with Crippen molar-refractivity contribution in [2.24, 2.45) is 0 Å². The Balaban J connectivity index is 1.64. The Kier molecular flexibility index (Phi) is 5.75. The van der Waals surface area contributed by atoms with Gasteiger partial charge in [0.2, 0.25) is 0 Å². The highest BCUT2D eigenvalue weighted by atomic mass is 32.2. The molecule has 0 aliphatic heterocycles. The number of benzene rings is 3. The van der Waals surface area contributed by atoms with Gasteiger partial charge in [-0.1, -0.05) is 24.3 Å². The standard InChI is InChI=1S/C21H18FNO4S/c22-18-8-12-20(13-9-18)28(26,27)23-19-10-6-15(7-11-19)4-5-16-2-1-3-17(14-16)21(24)25/h1-3,6-14,23H,4-5H2,(H,24,25). The Morgan fingerprint density at radius 3 is 2.18 bits per heavy atom. The summed E-state index contributed by atoms with van der Waals surface area (Å²) in [4.78, 5) is 11.0. The van der Waals surface area contributed by atoms with Crippen LogP contribution in [0.15, 0.2) is 77.7 Å². The van der Waals surface area contributed by atoms with Crippen LogP contribution in [0.5, 0.6) is 0 Å². The van der Waals surface area contributed by atoms with Gasteiger partial charge in [-0.25, -0.2) is 17.6 Å². The number of anilines is 1. The molecule has 0 bridgehead atoms. The third-order valence-corrected chi connectivity index (χ3v) is 5.60. The molecule has 2 N–H and O–H groups in total. The van der Waals surface area contributed by atoms with E-state index in [-0.39, 0.29) is 10.5 Å². The molecule has 5 nitrogen and oxygen atoms in total. The number of carboxylic acid groups (broad SMARTS) is 1. The molecular weight excluding hydrogens is 381 g/mol. The SMILES string of the molecule is O=C(O)c1cccc(CCc2ccc(NS(=O)(=O)c3ccc(F)cc3)cc2)c1. The summed E-state index contributed by atoms with van der Waals surface area (Å²) in [6.07, 6.45) is 1.36. The highest BCUT2D eigenvalue weighted by molar-refractivity contribution is 7.92. The zero-order valence-corrected chi connectivity index (χ0v) is 15.6. The molecule has 0 spiro atoms. The van der Waals surface area contributed by atoms with Crippen molar-refractivity contribution in [2.75, 3.05) is 4.72 Å². The molecule has 7 heteroatoms. The number of hydrogen-bond donors (Lipinski definition) is 2. The maximum atomic E-state index is 13.0. The van der Waals surface area contributed by atoms with Gasteiger partial charge in [-0.05, 0) is 72.5 Å². The van der Waals surface area contributed by atoms with Crippen LogP contribution in [0.2, 0.25) is 0 Å². The number of carboxylic acids is 1. The predicted octanol–water partition coefficient (Wildman–Crippen LogP) is 4.11. The van der Waals surface area contributed by atoms with E-state index in [2.05, 4.69) is 4.72 Å². The summed E-state index contributed by atoms with van der Waals surface area (Å²) in [5, 5.41) is 9.04. The van der Waals surface area contributed by atoms with Gasteiger partial charge in [-0.2, -0.15) is 0 Å². The highest BCUT2D eigenvalue weighted by Crippen LogP contribution is 2.18. The van der Waals surface area contributed by atoms with Gasteiger partial charge in [-0.15, -0.1) is 0 Å². The maximum Gasteiger partial charge on any atom is 0.335 e. The molecule has 0 saturated carbocycles. The largest absolute Gasteiger partial charge is 0.478 e. The highest BCUT2D eigenvalue weighted by Gasteiger charge is 2.14. The zero-order valence-electron chi connectivity index (χ0n) is 14.8. The molecule has 0 heterocycles. The van der Waals surface area contributed by atoms with Gasteiger partial charge in [-0.3, -0.25) is 4.72 Å². The first-order valence-electron chi connectivity index (χ1n) is 8.53. The van der Waals surface area contributed by atoms with Crippen molar-refractivity contribution < 1.29 is 22.7 Å². The number of aromatic carboxylic acids is 1. The third kappa shape index (κ3) is 4.95. The average Bonchev–Trinajstić information content (AvgIpc) is 2.68. The number of hydrogen-bond acceptors (Lipinski definition) is 3. The summed E-state index contributed by atoms with van der Waals surface area (Å²) < 4.78 is 40.0. The Morgan fingerprint density at radius 1 is 0.893 bits per heavy atom.